The number of nitrogens with zero attached hydrogens (tertiary/aromatic N) is 1. The van der Waals surface area contributed by atoms with E-state index in [0.717, 1.165) is 11.1 Å². The zero-order chi connectivity index (χ0) is 14.8. The van der Waals surface area contributed by atoms with E-state index in [1.54, 1.807) is 36.5 Å². The van der Waals surface area contributed by atoms with Gasteiger partial charge in [0.1, 0.15) is 16.5 Å². The van der Waals surface area contributed by atoms with Gasteiger partial charge in [-0.15, -0.1) is 0 Å². The van der Waals surface area contributed by atoms with Crippen LogP contribution in [0.15, 0.2) is 41.4 Å². The molecular weight excluding hydrogens is 276 g/mol. The zero-order valence-electron chi connectivity index (χ0n) is 11.5. The molecule has 0 spiro atoms. The van der Waals surface area contributed by atoms with Crippen LogP contribution in [0.25, 0.3) is 0 Å². The normalized spacial score (nSPS) is 11.2. The molecule has 0 unspecified atom stereocenters. The van der Waals surface area contributed by atoms with Crippen molar-refractivity contribution in [3.8, 4) is 5.75 Å². The molecule has 5 nitrogen and oxygen atoms in total. The van der Waals surface area contributed by atoms with Crippen LogP contribution in [-0.4, -0.2) is 20.5 Å². The molecule has 2 rings (SSSR count). The summed E-state index contributed by atoms with van der Waals surface area (Å²) < 4.78 is 32.4. The van der Waals surface area contributed by atoms with Gasteiger partial charge in [0.05, 0.1) is 7.11 Å². The van der Waals surface area contributed by atoms with Crippen molar-refractivity contribution in [2.24, 2.45) is 0 Å². The molecule has 1 aromatic carbocycles. The van der Waals surface area contributed by atoms with Gasteiger partial charge in [0.25, 0.3) is 10.0 Å². The first kappa shape index (κ1) is 14.3. The Labute approximate surface area is 118 Å². The summed E-state index contributed by atoms with van der Waals surface area (Å²) in [5, 5.41) is 0. The highest BCUT2D eigenvalue weighted by atomic mass is 32.2. The fraction of sp³-hybridized carbons (Fsp3) is 0.214. The third-order valence-corrected chi connectivity index (χ3v) is 4.14. The number of sulfonamides is 1. The van der Waals surface area contributed by atoms with Crippen molar-refractivity contribution in [3.63, 3.8) is 0 Å². The summed E-state index contributed by atoms with van der Waals surface area (Å²) in [6.07, 6.45) is 1.56. The Morgan fingerprint density at radius 1 is 1.10 bits per heavy atom. The highest BCUT2D eigenvalue weighted by Crippen LogP contribution is 2.26. The average molecular weight is 292 g/mol. The standard InChI is InChI=1S/C14H16N2O3S/c1-10-4-5-12(19-3)13(8-10)20(17,18)16-14-9-11(2)6-7-15-14/h4-9H,1-3H3,(H,15,16). The van der Waals surface area contributed by atoms with E-state index in [1.165, 1.54) is 7.11 Å². The maximum atomic E-state index is 12.4. The molecule has 1 aromatic heterocycles. The summed E-state index contributed by atoms with van der Waals surface area (Å²) in [7, 11) is -2.29. The Morgan fingerprint density at radius 2 is 1.80 bits per heavy atom. The van der Waals surface area contributed by atoms with Gasteiger partial charge < -0.3 is 4.74 Å². The van der Waals surface area contributed by atoms with Gasteiger partial charge in [-0.2, -0.15) is 0 Å². The van der Waals surface area contributed by atoms with Gasteiger partial charge in [-0.25, -0.2) is 13.4 Å². The first-order valence-electron chi connectivity index (χ1n) is 6.02. The van der Waals surface area contributed by atoms with E-state index >= 15 is 0 Å². The smallest absolute Gasteiger partial charge is 0.266 e. The SMILES string of the molecule is COc1ccc(C)cc1S(=O)(=O)Nc1cc(C)ccn1. The summed E-state index contributed by atoms with van der Waals surface area (Å²) in [6, 6.07) is 8.46. The lowest BCUT2D eigenvalue weighted by Gasteiger charge is -2.12. The molecular formula is C14H16N2O3S. The van der Waals surface area contributed by atoms with Crippen molar-refractivity contribution >= 4 is 15.8 Å². The van der Waals surface area contributed by atoms with Crippen molar-refractivity contribution in [3.05, 3.63) is 47.7 Å². The summed E-state index contributed by atoms with van der Waals surface area (Å²) >= 11 is 0. The average Bonchev–Trinajstić information content (AvgIpc) is 2.38. The summed E-state index contributed by atoms with van der Waals surface area (Å²) in [4.78, 5) is 4.10. The van der Waals surface area contributed by atoms with Crippen molar-refractivity contribution in [2.75, 3.05) is 11.8 Å². The van der Waals surface area contributed by atoms with E-state index in [0.29, 0.717) is 5.75 Å². The Bertz CT molecular complexity index is 727. The van der Waals surface area contributed by atoms with Crippen LogP contribution in [0.1, 0.15) is 11.1 Å². The molecule has 0 amide bonds. The van der Waals surface area contributed by atoms with Crippen LogP contribution in [-0.2, 0) is 10.0 Å². The van der Waals surface area contributed by atoms with Crippen molar-refractivity contribution < 1.29 is 13.2 Å². The highest BCUT2D eigenvalue weighted by Gasteiger charge is 2.20. The van der Waals surface area contributed by atoms with Gasteiger partial charge in [0, 0.05) is 6.20 Å². The topological polar surface area (TPSA) is 68.3 Å². The van der Waals surface area contributed by atoms with Crippen LogP contribution in [0.3, 0.4) is 0 Å². The van der Waals surface area contributed by atoms with Crippen LogP contribution in [0, 0.1) is 13.8 Å². The molecule has 20 heavy (non-hydrogen) atoms. The van der Waals surface area contributed by atoms with Crippen molar-refractivity contribution in [2.45, 2.75) is 18.7 Å². The van der Waals surface area contributed by atoms with Crippen molar-refractivity contribution in [1.29, 1.82) is 0 Å². The summed E-state index contributed by atoms with van der Waals surface area (Å²) in [5.41, 5.74) is 1.76. The highest BCUT2D eigenvalue weighted by molar-refractivity contribution is 7.92. The van der Waals surface area contributed by atoms with E-state index in [2.05, 4.69) is 9.71 Å². The maximum Gasteiger partial charge on any atom is 0.266 e. The Hall–Kier alpha value is -2.08. The second-order valence-electron chi connectivity index (χ2n) is 4.48. The molecule has 2 aromatic rings. The number of hydrogen-bond acceptors (Lipinski definition) is 4. The largest absolute Gasteiger partial charge is 0.495 e. The fourth-order valence-electron chi connectivity index (χ4n) is 1.78. The number of ether oxygens (including phenoxy) is 1. The number of hydrogen-bond donors (Lipinski definition) is 1. The second-order valence-corrected chi connectivity index (χ2v) is 6.13. The number of aromatic nitrogens is 1. The minimum Gasteiger partial charge on any atom is -0.495 e. The first-order valence-corrected chi connectivity index (χ1v) is 7.51. The molecule has 0 aliphatic heterocycles. The zero-order valence-corrected chi connectivity index (χ0v) is 12.4. The molecule has 1 N–H and O–H groups in total. The molecule has 0 atom stereocenters. The predicted molar refractivity (Wildman–Crippen MR) is 77.5 cm³/mol. The first-order chi connectivity index (χ1) is 9.42. The van der Waals surface area contributed by atoms with E-state index in [9.17, 15) is 8.42 Å². The van der Waals surface area contributed by atoms with Gasteiger partial charge in [0.2, 0.25) is 0 Å². The monoisotopic (exact) mass is 292 g/mol. The van der Waals surface area contributed by atoms with Crippen LogP contribution < -0.4 is 9.46 Å². The van der Waals surface area contributed by atoms with Crippen LogP contribution in [0.5, 0.6) is 5.75 Å². The minimum absolute atomic E-state index is 0.100. The second kappa shape index (κ2) is 5.50. The van der Waals surface area contributed by atoms with Gasteiger partial charge in [-0.3, -0.25) is 4.72 Å². The number of methoxy groups -OCH3 is 1. The lowest BCUT2D eigenvalue weighted by atomic mass is 10.2. The predicted octanol–water partition coefficient (Wildman–Crippen LogP) is 2.51. The molecule has 0 saturated heterocycles. The number of anilines is 1. The van der Waals surface area contributed by atoms with Crippen LogP contribution in [0.2, 0.25) is 0 Å². The Kier molecular flexibility index (Phi) is 3.94. The molecule has 0 radical (unpaired) electrons. The van der Waals surface area contributed by atoms with E-state index in [1.807, 2.05) is 13.8 Å². The van der Waals surface area contributed by atoms with Gasteiger partial charge in [0.15, 0.2) is 0 Å². The van der Waals surface area contributed by atoms with Crippen molar-refractivity contribution in [1.82, 2.24) is 4.98 Å². The quantitative estimate of drug-likeness (QED) is 0.940. The fourth-order valence-corrected chi connectivity index (χ4v) is 3.03. The Balaban J connectivity index is 2.43. The molecule has 106 valence electrons. The summed E-state index contributed by atoms with van der Waals surface area (Å²) in [6.45, 7) is 3.69. The number of pyridine rings is 1. The third-order valence-electron chi connectivity index (χ3n) is 2.76. The Morgan fingerprint density at radius 3 is 2.45 bits per heavy atom. The van der Waals surface area contributed by atoms with Crippen LogP contribution >= 0.6 is 0 Å². The van der Waals surface area contributed by atoms with E-state index in [4.69, 9.17) is 4.74 Å². The van der Waals surface area contributed by atoms with Gasteiger partial charge in [-0.05, 0) is 49.2 Å². The lowest BCUT2D eigenvalue weighted by molar-refractivity contribution is 0.402. The van der Waals surface area contributed by atoms with Gasteiger partial charge >= 0.3 is 0 Å². The number of rotatable bonds is 4. The van der Waals surface area contributed by atoms with Gasteiger partial charge in [-0.1, -0.05) is 6.07 Å². The molecule has 6 heteroatoms. The third kappa shape index (κ3) is 3.08. The minimum atomic E-state index is -3.73. The summed E-state index contributed by atoms with van der Waals surface area (Å²) in [5.74, 6) is 0.587. The lowest BCUT2D eigenvalue weighted by Crippen LogP contribution is -2.15. The molecule has 0 aliphatic rings. The van der Waals surface area contributed by atoms with Crippen LogP contribution in [0.4, 0.5) is 5.82 Å². The number of nitrogens with one attached hydrogen (secondary N) is 1. The molecule has 1 heterocycles. The molecule has 0 aliphatic carbocycles. The molecule has 0 saturated carbocycles. The molecule has 0 bridgehead atoms. The number of aryl methyl sites for hydroxylation is 2. The molecule has 0 fully saturated rings. The maximum absolute atomic E-state index is 12.4. The van der Waals surface area contributed by atoms with E-state index < -0.39 is 10.0 Å². The van der Waals surface area contributed by atoms with E-state index in [-0.39, 0.29) is 10.7 Å². The number of benzene rings is 1.